The van der Waals surface area contributed by atoms with Crippen LogP contribution in [-0.4, -0.2) is 26.4 Å². The van der Waals surface area contributed by atoms with E-state index in [1.54, 1.807) is 14.2 Å². The van der Waals surface area contributed by atoms with Crippen LogP contribution in [0.25, 0.3) is 0 Å². The number of ether oxygens (including phenoxy) is 2. The maximum absolute atomic E-state index is 5.74. The third kappa shape index (κ3) is 3.31. The normalized spacial score (nSPS) is 11.2. The van der Waals surface area contributed by atoms with Crippen LogP contribution in [0, 0.1) is 0 Å². The second kappa shape index (κ2) is 5.07. The summed E-state index contributed by atoms with van der Waals surface area (Å²) in [5.41, 5.74) is 7.22. The third-order valence-corrected chi connectivity index (χ3v) is 2.22. The van der Waals surface area contributed by atoms with Crippen LogP contribution < -0.4 is 15.8 Å². The zero-order valence-corrected chi connectivity index (χ0v) is 10.3. The molecule has 0 saturated carbocycles. The Kier molecular flexibility index (Phi) is 4.01. The van der Waals surface area contributed by atoms with Gasteiger partial charge in [0.1, 0.15) is 5.75 Å². The molecule has 1 aromatic carbocycles. The van der Waals surface area contributed by atoms with Gasteiger partial charge in [0.15, 0.2) is 0 Å². The highest BCUT2D eigenvalue weighted by molar-refractivity contribution is 5.61. The van der Waals surface area contributed by atoms with Crippen molar-refractivity contribution in [1.29, 1.82) is 0 Å². The molecule has 0 aliphatic heterocycles. The van der Waals surface area contributed by atoms with Gasteiger partial charge in [-0.3, -0.25) is 0 Å². The molecule has 0 heterocycles. The molecule has 0 bridgehead atoms. The van der Waals surface area contributed by atoms with E-state index in [0.717, 1.165) is 5.69 Å². The predicted molar refractivity (Wildman–Crippen MR) is 67.0 cm³/mol. The molecule has 16 heavy (non-hydrogen) atoms. The summed E-state index contributed by atoms with van der Waals surface area (Å²) < 4.78 is 10.3. The van der Waals surface area contributed by atoms with Crippen LogP contribution >= 0.6 is 0 Å². The van der Waals surface area contributed by atoms with Gasteiger partial charge >= 0.3 is 0 Å². The van der Waals surface area contributed by atoms with E-state index in [9.17, 15) is 0 Å². The van der Waals surface area contributed by atoms with Gasteiger partial charge in [-0.05, 0) is 26.0 Å². The highest BCUT2D eigenvalue weighted by Gasteiger charge is 2.17. The Labute approximate surface area is 96.7 Å². The number of nitrogens with two attached hydrogens (primary N) is 1. The molecule has 0 amide bonds. The summed E-state index contributed by atoms with van der Waals surface area (Å²) in [6, 6.07) is 5.63. The SMILES string of the molecule is COCC(C)(C)Nc1ccc(N)c(OC)c1. The number of hydrogen-bond donors (Lipinski definition) is 2. The fraction of sp³-hybridized carbons (Fsp3) is 0.500. The van der Waals surface area contributed by atoms with Gasteiger partial charge in [-0.15, -0.1) is 0 Å². The van der Waals surface area contributed by atoms with Gasteiger partial charge in [-0.1, -0.05) is 0 Å². The predicted octanol–water partition coefficient (Wildman–Crippen LogP) is 2.11. The molecule has 4 nitrogen and oxygen atoms in total. The first kappa shape index (κ1) is 12.6. The number of nitrogens with one attached hydrogen (secondary N) is 1. The smallest absolute Gasteiger partial charge is 0.143 e. The topological polar surface area (TPSA) is 56.5 Å². The molecule has 0 radical (unpaired) electrons. The van der Waals surface area contributed by atoms with Crippen molar-refractivity contribution in [2.24, 2.45) is 0 Å². The molecule has 0 unspecified atom stereocenters. The van der Waals surface area contributed by atoms with Gasteiger partial charge < -0.3 is 20.5 Å². The molecule has 90 valence electrons. The van der Waals surface area contributed by atoms with E-state index in [0.29, 0.717) is 18.0 Å². The molecule has 0 aromatic heterocycles. The summed E-state index contributed by atoms with van der Waals surface area (Å²) in [5, 5.41) is 3.36. The van der Waals surface area contributed by atoms with E-state index in [4.69, 9.17) is 15.2 Å². The van der Waals surface area contributed by atoms with Crippen molar-refractivity contribution in [1.82, 2.24) is 0 Å². The van der Waals surface area contributed by atoms with Gasteiger partial charge in [0, 0.05) is 18.9 Å². The van der Waals surface area contributed by atoms with Gasteiger partial charge in [-0.2, -0.15) is 0 Å². The molecule has 0 saturated heterocycles. The minimum absolute atomic E-state index is 0.129. The minimum atomic E-state index is -0.129. The lowest BCUT2D eigenvalue weighted by molar-refractivity contribution is 0.158. The minimum Gasteiger partial charge on any atom is -0.495 e. The summed E-state index contributed by atoms with van der Waals surface area (Å²) in [6.07, 6.45) is 0. The Hall–Kier alpha value is -1.42. The van der Waals surface area contributed by atoms with Crippen molar-refractivity contribution in [3.05, 3.63) is 18.2 Å². The number of anilines is 2. The first-order chi connectivity index (χ1) is 7.48. The average molecular weight is 224 g/mol. The maximum Gasteiger partial charge on any atom is 0.143 e. The maximum atomic E-state index is 5.74. The highest BCUT2D eigenvalue weighted by Crippen LogP contribution is 2.26. The summed E-state index contributed by atoms with van der Waals surface area (Å²) in [6.45, 7) is 4.76. The summed E-state index contributed by atoms with van der Waals surface area (Å²) in [4.78, 5) is 0. The molecular weight excluding hydrogens is 204 g/mol. The van der Waals surface area contributed by atoms with Crippen LogP contribution in [-0.2, 0) is 4.74 Å². The van der Waals surface area contributed by atoms with Crippen molar-refractivity contribution in [2.45, 2.75) is 19.4 Å². The van der Waals surface area contributed by atoms with Crippen molar-refractivity contribution >= 4 is 11.4 Å². The van der Waals surface area contributed by atoms with Crippen LogP contribution in [0.15, 0.2) is 18.2 Å². The molecule has 0 atom stereocenters. The number of hydrogen-bond acceptors (Lipinski definition) is 4. The van der Waals surface area contributed by atoms with Gasteiger partial charge in [0.2, 0.25) is 0 Å². The lowest BCUT2D eigenvalue weighted by Gasteiger charge is -2.26. The molecule has 0 spiro atoms. The zero-order valence-electron chi connectivity index (χ0n) is 10.3. The van der Waals surface area contributed by atoms with E-state index in [1.807, 2.05) is 18.2 Å². The van der Waals surface area contributed by atoms with Crippen LogP contribution in [0.4, 0.5) is 11.4 Å². The lowest BCUT2D eigenvalue weighted by Crippen LogP contribution is -2.35. The Balaban J connectivity index is 2.81. The second-order valence-electron chi connectivity index (χ2n) is 4.40. The molecule has 0 aliphatic carbocycles. The molecule has 0 aliphatic rings. The van der Waals surface area contributed by atoms with Crippen LogP contribution in [0.3, 0.4) is 0 Å². The Morgan fingerprint density at radius 2 is 2.00 bits per heavy atom. The van der Waals surface area contributed by atoms with E-state index < -0.39 is 0 Å². The molecule has 3 N–H and O–H groups in total. The average Bonchev–Trinajstić information content (AvgIpc) is 2.20. The summed E-state index contributed by atoms with van der Waals surface area (Å²) >= 11 is 0. The Bertz CT molecular complexity index is 351. The number of nitrogen functional groups attached to an aromatic ring is 1. The summed E-state index contributed by atoms with van der Waals surface area (Å²) in [5.74, 6) is 0.679. The fourth-order valence-corrected chi connectivity index (χ4v) is 1.58. The standard InChI is InChI=1S/C12H20N2O2/c1-12(2,8-15-3)14-9-5-6-10(13)11(7-9)16-4/h5-7,14H,8,13H2,1-4H3. The number of benzene rings is 1. The zero-order chi connectivity index (χ0) is 12.2. The molecular formula is C12H20N2O2. The van der Waals surface area contributed by atoms with Crippen molar-refractivity contribution in [2.75, 3.05) is 31.9 Å². The first-order valence-corrected chi connectivity index (χ1v) is 5.19. The third-order valence-electron chi connectivity index (χ3n) is 2.22. The fourth-order valence-electron chi connectivity index (χ4n) is 1.58. The monoisotopic (exact) mass is 224 g/mol. The molecule has 1 rings (SSSR count). The quantitative estimate of drug-likeness (QED) is 0.752. The van der Waals surface area contributed by atoms with Gasteiger partial charge in [0.25, 0.3) is 0 Å². The largest absolute Gasteiger partial charge is 0.495 e. The van der Waals surface area contributed by atoms with Crippen LogP contribution in [0.2, 0.25) is 0 Å². The second-order valence-corrected chi connectivity index (χ2v) is 4.40. The lowest BCUT2D eigenvalue weighted by atomic mass is 10.1. The van der Waals surface area contributed by atoms with Crippen molar-refractivity contribution in [3.8, 4) is 5.75 Å². The Morgan fingerprint density at radius 3 is 2.56 bits per heavy atom. The van der Waals surface area contributed by atoms with Gasteiger partial charge in [0.05, 0.1) is 24.9 Å². The van der Waals surface area contributed by atoms with Crippen LogP contribution in [0.1, 0.15) is 13.8 Å². The van der Waals surface area contributed by atoms with Crippen molar-refractivity contribution in [3.63, 3.8) is 0 Å². The van der Waals surface area contributed by atoms with Gasteiger partial charge in [-0.25, -0.2) is 0 Å². The first-order valence-electron chi connectivity index (χ1n) is 5.19. The molecule has 0 fully saturated rings. The Morgan fingerprint density at radius 1 is 1.31 bits per heavy atom. The summed E-state index contributed by atoms with van der Waals surface area (Å²) in [7, 11) is 3.29. The number of rotatable bonds is 5. The van der Waals surface area contributed by atoms with E-state index in [1.165, 1.54) is 0 Å². The van der Waals surface area contributed by atoms with Crippen LogP contribution in [0.5, 0.6) is 5.75 Å². The number of methoxy groups -OCH3 is 2. The van der Waals surface area contributed by atoms with E-state index >= 15 is 0 Å². The van der Waals surface area contributed by atoms with Crippen molar-refractivity contribution < 1.29 is 9.47 Å². The molecule has 1 aromatic rings. The van der Waals surface area contributed by atoms with E-state index in [-0.39, 0.29) is 5.54 Å². The molecule has 4 heteroatoms. The van der Waals surface area contributed by atoms with E-state index in [2.05, 4.69) is 19.2 Å². The highest BCUT2D eigenvalue weighted by atomic mass is 16.5.